The molecule has 0 unspecified atom stereocenters. The fourth-order valence-electron chi connectivity index (χ4n) is 4.46. The van der Waals surface area contributed by atoms with Gasteiger partial charge in [0.15, 0.2) is 0 Å². The first-order valence-electron chi connectivity index (χ1n) is 11.6. The summed E-state index contributed by atoms with van der Waals surface area (Å²) >= 11 is 0. The Morgan fingerprint density at radius 1 is 0.853 bits per heavy atom. The number of anilines is 1. The van der Waals surface area contributed by atoms with Gasteiger partial charge in [-0.2, -0.15) is 0 Å². The first-order chi connectivity index (χ1) is 16.6. The average molecular weight is 458 g/mol. The molecule has 1 aliphatic heterocycles. The van der Waals surface area contributed by atoms with Gasteiger partial charge in [-0.1, -0.05) is 48.5 Å². The van der Waals surface area contributed by atoms with Gasteiger partial charge in [0.1, 0.15) is 11.6 Å². The van der Waals surface area contributed by atoms with Crippen molar-refractivity contribution in [1.82, 2.24) is 19.4 Å². The molecule has 0 atom stereocenters. The molecule has 1 aromatic heterocycles. The highest BCUT2D eigenvalue weighted by molar-refractivity contribution is 5.92. The van der Waals surface area contributed by atoms with Gasteiger partial charge in [-0.25, -0.2) is 9.37 Å². The number of hydrogen-bond donors (Lipinski definition) is 1. The minimum absolute atomic E-state index is 0.122. The van der Waals surface area contributed by atoms with E-state index in [9.17, 15) is 9.18 Å². The van der Waals surface area contributed by atoms with Crippen LogP contribution in [0, 0.1) is 5.82 Å². The number of rotatable bonds is 7. The van der Waals surface area contributed by atoms with Crippen LogP contribution in [-0.2, 0) is 17.9 Å². The Morgan fingerprint density at radius 2 is 1.59 bits per heavy atom. The number of carbonyl (C=O) groups is 1. The van der Waals surface area contributed by atoms with Crippen LogP contribution in [0.5, 0.6) is 0 Å². The number of nitrogens with one attached hydrogen (secondary N) is 1. The van der Waals surface area contributed by atoms with Crippen LogP contribution >= 0.6 is 0 Å². The van der Waals surface area contributed by atoms with E-state index in [1.807, 2.05) is 12.1 Å². The van der Waals surface area contributed by atoms with Gasteiger partial charge in [0.2, 0.25) is 5.91 Å². The number of hydrogen-bond acceptors (Lipinski definition) is 4. The number of fused-ring (bicyclic) bond motifs is 1. The summed E-state index contributed by atoms with van der Waals surface area (Å²) < 4.78 is 15.7. The van der Waals surface area contributed by atoms with Crippen molar-refractivity contribution in [1.29, 1.82) is 0 Å². The summed E-state index contributed by atoms with van der Waals surface area (Å²) in [4.78, 5) is 21.8. The molecule has 3 aromatic carbocycles. The lowest BCUT2D eigenvalue weighted by atomic mass is 10.2. The molecule has 7 heteroatoms. The Bertz CT molecular complexity index is 1260. The molecule has 0 spiro atoms. The van der Waals surface area contributed by atoms with E-state index >= 15 is 0 Å². The van der Waals surface area contributed by atoms with Gasteiger partial charge in [0, 0.05) is 38.4 Å². The third-order valence-corrected chi connectivity index (χ3v) is 6.22. The van der Waals surface area contributed by atoms with Gasteiger partial charge in [0.25, 0.3) is 0 Å². The number of aromatic nitrogens is 2. The van der Waals surface area contributed by atoms with E-state index in [0.29, 0.717) is 12.2 Å². The Labute approximate surface area is 198 Å². The molecule has 34 heavy (non-hydrogen) atoms. The molecular formula is C27H28FN5O. The van der Waals surface area contributed by atoms with E-state index in [2.05, 4.69) is 62.1 Å². The van der Waals surface area contributed by atoms with E-state index in [1.54, 1.807) is 12.1 Å². The predicted molar refractivity (Wildman–Crippen MR) is 132 cm³/mol. The van der Waals surface area contributed by atoms with Crippen LogP contribution in [-0.4, -0.2) is 58.0 Å². The molecular weight excluding hydrogens is 429 g/mol. The summed E-state index contributed by atoms with van der Waals surface area (Å²) in [5.41, 5.74) is 3.90. The molecule has 1 fully saturated rings. The van der Waals surface area contributed by atoms with Crippen LogP contribution < -0.4 is 5.32 Å². The zero-order chi connectivity index (χ0) is 23.3. The Balaban J connectivity index is 1.20. The molecule has 174 valence electrons. The first kappa shape index (κ1) is 22.3. The molecule has 0 bridgehead atoms. The van der Waals surface area contributed by atoms with Crippen molar-refractivity contribution < 1.29 is 9.18 Å². The largest absolute Gasteiger partial charge is 0.325 e. The van der Waals surface area contributed by atoms with Crippen molar-refractivity contribution in [2.75, 3.05) is 38.0 Å². The van der Waals surface area contributed by atoms with Crippen LogP contribution in [0.2, 0.25) is 0 Å². The van der Waals surface area contributed by atoms with Crippen molar-refractivity contribution in [3.63, 3.8) is 0 Å². The lowest BCUT2D eigenvalue weighted by Crippen LogP contribution is -2.48. The minimum Gasteiger partial charge on any atom is -0.325 e. The van der Waals surface area contributed by atoms with Crippen molar-refractivity contribution >= 4 is 22.6 Å². The van der Waals surface area contributed by atoms with E-state index < -0.39 is 0 Å². The van der Waals surface area contributed by atoms with Gasteiger partial charge >= 0.3 is 0 Å². The zero-order valence-corrected chi connectivity index (χ0v) is 19.0. The normalized spacial score (nSPS) is 15.0. The molecule has 0 saturated carbocycles. The van der Waals surface area contributed by atoms with E-state index in [0.717, 1.165) is 56.1 Å². The molecule has 2 heterocycles. The molecule has 1 N–H and O–H groups in total. The lowest BCUT2D eigenvalue weighted by Gasteiger charge is -2.34. The Hall–Kier alpha value is -3.55. The van der Waals surface area contributed by atoms with Crippen molar-refractivity contribution in [3.05, 3.63) is 96.1 Å². The molecule has 1 amide bonds. The maximum absolute atomic E-state index is 13.3. The second-order valence-electron chi connectivity index (χ2n) is 8.70. The van der Waals surface area contributed by atoms with Crippen LogP contribution in [0.1, 0.15) is 11.4 Å². The van der Waals surface area contributed by atoms with Crippen molar-refractivity contribution in [2.24, 2.45) is 0 Å². The van der Waals surface area contributed by atoms with Gasteiger partial charge < -0.3 is 9.88 Å². The van der Waals surface area contributed by atoms with Crippen molar-refractivity contribution in [3.8, 4) is 0 Å². The molecule has 1 aliphatic rings. The number of nitrogens with zero attached hydrogens (tertiary/aromatic N) is 4. The van der Waals surface area contributed by atoms with Crippen LogP contribution in [0.4, 0.5) is 10.1 Å². The fourth-order valence-corrected chi connectivity index (χ4v) is 4.46. The van der Waals surface area contributed by atoms with Crippen molar-refractivity contribution in [2.45, 2.75) is 13.1 Å². The quantitative estimate of drug-likeness (QED) is 0.456. The number of carbonyl (C=O) groups excluding carboxylic acids is 1. The van der Waals surface area contributed by atoms with Gasteiger partial charge in [-0.05, 0) is 35.9 Å². The number of piperazine rings is 1. The topological polar surface area (TPSA) is 53.4 Å². The Kier molecular flexibility index (Phi) is 6.65. The summed E-state index contributed by atoms with van der Waals surface area (Å²) in [6.07, 6.45) is 0. The SMILES string of the molecule is O=C(CN1CCN(Cc2nc3ccccc3n2Cc2ccccc2)CC1)Nc1cccc(F)c1. The zero-order valence-electron chi connectivity index (χ0n) is 19.0. The molecule has 5 rings (SSSR count). The number of halogens is 1. The predicted octanol–water partition coefficient (Wildman–Crippen LogP) is 3.98. The second-order valence-corrected chi connectivity index (χ2v) is 8.70. The number of amides is 1. The molecule has 0 radical (unpaired) electrons. The summed E-state index contributed by atoms with van der Waals surface area (Å²) in [6.45, 7) is 5.19. The molecule has 0 aliphatic carbocycles. The highest BCUT2D eigenvalue weighted by Crippen LogP contribution is 2.20. The summed E-state index contributed by atoms with van der Waals surface area (Å²) in [6, 6.07) is 24.7. The van der Waals surface area contributed by atoms with Gasteiger partial charge in [-0.15, -0.1) is 0 Å². The summed E-state index contributed by atoms with van der Waals surface area (Å²) in [7, 11) is 0. The summed E-state index contributed by atoms with van der Waals surface area (Å²) in [5, 5.41) is 2.78. The third kappa shape index (κ3) is 5.32. The maximum Gasteiger partial charge on any atom is 0.238 e. The minimum atomic E-state index is -0.357. The van der Waals surface area contributed by atoms with E-state index in [1.165, 1.54) is 17.7 Å². The summed E-state index contributed by atoms with van der Waals surface area (Å²) in [5.74, 6) is 0.579. The second kappa shape index (κ2) is 10.2. The smallest absolute Gasteiger partial charge is 0.238 e. The van der Waals surface area contributed by atoms with Crippen LogP contribution in [0.25, 0.3) is 11.0 Å². The maximum atomic E-state index is 13.3. The number of para-hydroxylation sites is 2. The molecule has 4 aromatic rings. The first-order valence-corrected chi connectivity index (χ1v) is 11.6. The van der Waals surface area contributed by atoms with Crippen LogP contribution in [0.15, 0.2) is 78.9 Å². The highest BCUT2D eigenvalue weighted by Gasteiger charge is 2.21. The third-order valence-electron chi connectivity index (χ3n) is 6.22. The molecule has 6 nitrogen and oxygen atoms in total. The monoisotopic (exact) mass is 457 g/mol. The van der Waals surface area contributed by atoms with Gasteiger partial charge in [0.05, 0.1) is 24.1 Å². The Morgan fingerprint density at radius 3 is 2.38 bits per heavy atom. The van der Waals surface area contributed by atoms with Gasteiger partial charge in [-0.3, -0.25) is 14.6 Å². The number of benzene rings is 3. The number of imidazole rings is 1. The standard InChI is InChI=1S/C27H28FN5O/c28-22-9-6-10-23(17-22)29-27(34)20-32-15-13-31(14-16-32)19-26-30-24-11-4-5-12-25(24)33(26)18-21-7-2-1-3-8-21/h1-12,17H,13-16,18-20H2,(H,29,34). The lowest BCUT2D eigenvalue weighted by molar-refractivity contribution is -0.117. The molecule has 1 saturated heterocycles. The van der Waals surface area contributed by atoms with Crippen LogP contribution in [0.3, 0.4) is 0 Å². The van der Waals surface area contributed by atoms with E-state index in [4.69, 9.17) is 4.98 Å². The fraction of sp³-hybridized carbons (Fsp3) is 0.259. The van der Waals surface area contributed by atoms with E-state index in [-0.39, 0.29) is 11.7 Å². The average Bonchev–Trinajstić information content (AvgIpc) is 3.18. The highest BCUT2D eigenvalue weighted by atomic mass is 19.1.